The van der Waals surface area contributed by atoms with Gasteiger partial charge in [-0.3, -0.25) is 4.90 Å². The van der Waals surface area contributed by atoms with Crippen molar-refractivity contribution in [3.05, 3.63) is 48.0 Å². The van der Waals surface area contributed by atoms with Crippen LogP contribution in [0.4, 0.5) is 10.1 Å². The van der Waals surface area contributed by atoms with Crippen LogP contribution < -0.4 is 4.90 Å². The van der Waals surface area contributed by atoms with Crippen molar-refractivity contribution in [2.45, 2.75) is 23.8 Å². The van der Waals surface area contributed by atoms with Crippen LogP contribution in [0.15, 0.2) is 41.4 Å². The molecule has 7 nitrogen and oxygen atoms in total. The number of aliphatic hydroxyl groups is 1. The van der Waals surface area contributed by atoms with Crippen LogP contribution in [0.1, 0.15) is 24.6 Å². The lowest BCUT2D eigenvalue weighted by Crippen LogP contribution is -2.47. The second-order valence-corrected chi connectivity index (χ2v) is 9.95. The van der Waals surface area contributed by atoms with Gasteiger partial charge in [0.1, 0.15) is 10.7 Å². The van der Waals surface area contributed by atoms with Crippen LogP contribution in [-0.2, 0) is 17.1 Å². The van der Waals surface area contributed by atoms with E-state index in [1.807, 2.05) is 0 Å². The molecule has 1 atom stereocenters. The SMILES string of the molecule is Cn1ccc2c1C(O)CCN(CCCN1CCN(c3ccc(F)cc3)CC1)S2(=O)=O. The summed E-state index contributed by atoms with van der Waals surface area (Å²) >= 11 is 0. The standard InChI is InChI=1S/C21H29FN4O3S/c1-23-11-8-20-21(23)19(27)7-12-26(30(20,28)29)10-2-9-24-13-15-25(16-14-24)18-5-3-17(22)4-6-18/h3-6,8,11,19,27H,2,7,9-10,12-16H2,1H3. The molecule has 1 saturated heterocycles. The third-order valence-electron chi connectivity index (χ3n) is 6.11. The lowest BCUT2D eigenvalue weighted by atomic mass is 10.2. The van der Waals surface area contributed by atoms with Crippen LogP contribution in [0.5, 0.6) is 0 Å². The third-order valence-corrected chi connectivity index (χ3v) is 8.06. The fraction of sp³-hybridized carbons (Fsp3) is 0.524. The van der Waals surface area contributed by atoms with E-state index in [1.54, 1.807) is 36.0 Å². The zero-order chi connectivity index (χ0) is 21.3. The first kappa shape index (κ1) is 21.3. The average Bonchev–Trinajstić information content (AvgIpc) is 3.09. The Bertz CT molecular complexity index is 969. The Labute approximate surface area is 177 Å². The summed E-state index contributed by atoms with van der Waals surface area (Å²) in [4.78, 5) is 4.81. The van der Waals surface area contributed by atoms with Crippen molar-refractivity contribution in [3.8, 4) is 0 Å². The van der Waals surface area contributed by atoms with Crippen molar-refractivity contribution in [3.63, 3.8) is 0 Å². The number of aliphatic hydroxyl groups excluding tert-OH is 1. The van der Waals surface area contributed by atoms with Crippen molar-refractivity contribution in [2.24, 2.45) is 7.05 Å². The molecule has 0 aliphatic carbocycles. The molecule has 0 spiro atoms. The summed E-state index contributed by atoms with van der Waals surface area (Å²) in [6.45, 7) is 5.13. The van der Waals surface area contributed by atoms with Gasteiger partial charge in [-0.1, -0.05) is 0 Å². The molecule has 9 heteroatoms. The largest absolute Gasteiger partial charge is 0.387 e. The molecule has 30 heavy (non-hydrogen) atoms. The molecule has 2 aromatic rings. The third kappa shape index (κ3) is 4.25. The zero-order valence-electron chi connectivity index (χ0n) is 17.2. The van der Waals surface area contributed by atoms with Gasteiger partial charge < -0.3 is 14.6 Å². The van der Waals surface area contributed by atoms with Gasteiger partial charge in [0.05, 0.1) is 11.8 Å². The van der Waals surface area contributed by atoms with Crippen LogP contribution in [0, 0.1) is 5.82 Å². The van der Waals surface area contributed by atoms with Crippen LogP contribution >= 0.6 is 0 Å². The number of piperazine rings is 1. The second kappa shape index (κ2) is 8.66. The predicted octanol–water partition coefficient (Wildman–Crippen LogP) is 1.80. The molecule has 1 fully saturated rings. The molecule has 2 aliphatic rings. The topological polar surface area (TPSA) is 69.0 Å². The number of benzene rings is 1. The quantitative estimate of drug-likeness (QED) is 0.774. The van der Waals surface area contributed by atoms with E-state index in [4.69, 9.17) is 0 Å². The Balaban J connectivity index is 1.30. The maximum Gasteiger partial charge on any atom is 0.244 e. The predicted molar refractivity (Wildman–Crippen MR) is 113 cm³/mol. The Morgan fingerprint density at radius 2 is 1.73 bits per heavy atom. The molecular formula is C21H29FN4O3S. The number of sulfonamides is 1. The van der Waals surface area contributed by atoms with Crippen molar-refractivity contribution in [1.29, 1.82) is 0 Å². The fourth-order valence-corrected chi connectivity index (χ4v) is 6.15. The first-order chi connectivity index (χ1) is 14.4. The molecule has 0 radical (unpaired) electrons. The van der Waals surface area contributed by atoms with Crippen LogP contribution in [0.2, 0.25) is 0 Å². The van der Waals surface area contributed by atoms with Gasteiger partial charge in [0.25, 0.3) is 0 Å². The maximum absolute atomic E-state index is 13.1. The number of fused-ring (bicyclic) bond motifs is 1. The van der Waals surface area contributed by atoms with Crippen molar-refractivity contribution in [1.82, 2.24) is 13.8 Å². The Hall–Kier alpha value is -1.94. The first-order valence-corrected chi connectivity index (χ1v) is 11.9. The summed E-state index contributed by atoms with van der Waals surface area (Å²) in [5, 5.41) is 10.4. The average molecular weight is 437 g/mol. The van der Waals surface area contributed by atoms with E-state index in [1.165, 1.54) is 16.4 Å². The van der Waals surface area contributed by atoms with Gasteiger partial charge in [-0.25, -0.2) is 12.8 Å². The fourth-order valence-electron chi connectivity index (χ4n) is 4.38. The smallest absolute Gasteiger partial charge is 0.244 e. The van der Waals surface area contributed by atoms with E-state index >= 15 is 0 Å². The molecule has 0 bridgehead atoms. The van der Waals surface area contributed by atoms with E-state index < -0.39 is 16.1 Å². The van der Waals surface area contributed by atoms with Crippen molar-refractivity contribution in [2.75, 3.05) is 50.7 Å². The number of hydrogen-bond donors (Lipinski definition) is 1. The van der Waals surface area contributed by atoms with E-state index in [2.05, 4.69) is 9.80 Å². The zero-order valence-corrected chi connectivity index (χ0v) is 18.1. The molecular weight excluding hydrogens is 407 g/mol. The molecule has 1 N–H and O–H groups in total. The second-order valence-electron chi connectivity index (χ2n) is 8.04. The number of aryl methyl sites for hydroxylation is 1. The summed E-state index contributed by atoms with van der Waals surface area (Å²) in [7, 11) is -1.82. The lowest BCUT2D eigenvalue weighted by Gasteiger charge is -2.36. The highest BCUT2D eigenvalue weighted by atomic mass is 32.2. The molecule has 0 saturated carbocycles. The monoisotopic (exact) mass is 436 g/mol. The highest BCUT2D eigenvalue weighted by Gasteiger charge is 2.34. The van der Waals surface area contributed by atoms with E-state index in [9.17, 15) is 17.9 Å². The number of anilines is 1. The minimum Gasteiger partial charge on any atom is -0.387 e. The van der Waals surface area contributed by atoms with Gasteiger partial charge in [-0.2, -0.15) is 4.31 Å². The van der Waals surface area contributed by atoms with Crippen molar-refractivity contribution < 1.29 is 17.9 Å². The summed E-state index contributed by atoms with van der Waals surface area (Å²) in [5.74, 6) is -0.226. The van der Waals surface area contributed by atoms with Gasteiger partial charge in [-0.05, 0) is 49.7 Å². The molecule has 4 rings (SSSR count). The highest BCUT2D eigenvalue weighted by molar-refractivity contribution is 7.89. The highest BCUT2D eigenvalue weighted by Crippen LogP contribution is 2.32. The lowest BCUT2D eigenvalue weighted by molar-refractivity contribution is 0.150. The van der Waals surface area contributed by atoms with E-state index in [0.717, 1.165) is 44.8 Å². The normalized spacial score (nSPS) is 22.6. The molecule has 1 unspecified atom stereocenters. The summed E-state index contributed by atoms with van der Waals surface area (Å²) in [6.07, 6.45) is 2.07. The Kier molecular flexibility index (Phi) is 6.15. The number of aromatic nitrogens is 1. The number of halogens is 1. The molecule has 2 aliphatic heterocycles. The molecule has 1 aromatic heterocycles. The minimum absolute atomic E-state index is 0.225. The molecule has 1 aromatic carbocycles. The molecule has 3 heterocycles. The van der Waals surface area contributed by atoms with E-state index in [0.29, 0.717) is 25.2 Å². The maximum atomic E-state index is 13.1. The Morgan fingerprint density at radius 1 is 1.03 bits per heavy atom. The van der Waals surface area contributed by atoms with E-state index in [-0.39, 0.29) is 10.7 Å². The first-order valence-electron chi connectivity index (χ1n) is 10.4. The van der Waals surface area contributed by atoms with Gasteiger partial charge in [0.2, 0.25) is 10.0 Å². The summed E-state index contributed by atoms with van der Waals surface area (Å²) in [5.41, 5.74) is 1.51. The van der Waals surface area contributed by atoms with Crippen LogP contribution in [-0.4, -0.2) is 73.1 Å². The van der Waals surface area contributed by atoms with Crippen molar-refractivity contribution >= 4 is 15.7 Å². The van der Waals surface area contributed by atoms with Gasteiger partial charge >= 0.3 is 0 Å². The number of nitrogens with zero attached hydrogens (tertiary/aromatic N) is 4. The summed E-state index contributed by atoms with van der Waals surface area (Å²) < 4.78 is 42.4. The number of rotatable bonds is 5. The molecule has 0 amide bonds. The van der Waals surface area contributed by atoms with Gasteiger partial charge in [0.15, 0.2) is 0 Å². The minimum atomic E-state index is -3.59. The number of hydrogen-bond acceptors (Lipinski definition) is 5. The summed E-state index contributed by atoms with van der Waals surface area (Å²) in [6, 6.07) is 8.17. The molecule has 164 valence electrons. The van der Waals surface area contributed by atoms with Crippen LogP contribution in [0.25, 0.3) is 0 Å². The van der Waals surface area contributed by atoms with Crippen LogP contribution in [0.3, 0.4) is 0 Å². The Morgan fingerprint density at radius 3 is 2.43 bits per heavy atom. The van der Waals surface area contributed by atoms with Gasteiger partial charge in [0, 0.05) is 58.2 Å². The van der Waals surface area contributed by atoms with Gasteiger partial charge in [-0.15, -0.1) is 0 Å².